The van der Waals surface area contributed by atoms with Gasteiger partial charge in [0, 0.05) is 22.8 Å². The number of carbonyl (C=O) groups is 1. The topological polar surface area (TPSA) is 69.8 Å². The van der Waals surface area contributed by atoms with E-state index in [-0.39, 0.29) is 0 Å². The molecule has 25 heavy (non-hydrogen) atoms. The summed E-state index contributed by atoms with van der Waals surface area (Å²) in [5, 5.41) is 11.5. The molecule has 0 saturated carbocycles. The van der Waals surface area contributed by atoms with Crippen LogP contribution in [0.1, 0.15) is 29.8 Å². The van der Waals surface area contributed by atoms with Gasteiger partial charge in [-0.15, -0.1) is 0 Å². The maximum absolute atomic E-state index is 11.2. The van der Waals surface area contributed by atoms with E-state index in [1.807, 2.05) is 54.0 Å². The van der Waals surface area contributed by atoms with Gasteiger partial charge < -0.3 is 15.7 Å². The third kappa shape index (κ3) is 4.95. The average molecular weight is 362 g/mol. The summed E-state index contributed by atoms with van der Waals surface area (Å²) >= 11 is 6.13. The molecule has 0 spiro atoms. The fraction of sp³-hybridized carbons (Fsp3) is 0.316. The lowest BCUT2D eigenvalue weighted by Crippen LogP contribution is -2.48. The van der Waals surface area contributed by atoms with Gasteiger partial charge in [-0.2, -0.15) is 0 Å². The van der Waals surface area contributed by atoms with Crippen LogP contribution in [0.5, 0.6) is 0 Å². The Labute approximate surface area is 153 Å². The van der Waals surface area contributed by atoms with Gasteiger partial charge in [0.1, 0.15) is 0 Å². The highest BCUT2D eigenvalue weighted by atomic mass is 35.5. The molecule has 1 atom stereocenters. The number of hydrogen-bond acceptors (Lipinski definition) is 4. The van der Waals surface area contributed by atoms with Crippen LogP contribution >= 0.6 is 11.6 Å². The standard InChI is InChI=1S/C19H24ClN3O2/c1-3-22(4-2)19(25)23(17-7-5-6-16(20)12-17)13-14-8-10-15(11-9-14)18(21)24/h5-12,19,25H,3-4,13H2,1-2H3,(H2,21,24). The molecule has 0 aliphatic carbocycles. The predicted molar refractivity (Wildman–Crippen MR) is 102 cm³/mol. The first-order valence-electron chi connectivity index (χ1n) is 8.29. The van der Waals surface area contributed by atoms with E-state index in [2.05, 4.69) is 0 Å². The average Bonchev–Trinajstić information content (AvgIpc) is 2.61. The van der Waals surface area contributed by atoms with Crippen LogP contribution in [0.2, 0.25) is 5.02 Å². The summed E-state index contributed by atoms with van der Waals surface area (Å²) < 4.78 is 0. The number of rotatable bonds is 8. The van der Waals surface area contributed by atoms with Crippen LogP contribution in [-0.4, -0.2) is 35.4 Å². The summed E-state index contributed by atoms with van der Waals surface area (Å²) in [6, 6.07) is 14.5. The maximum atomic E-state index is 11.2. The van der Waals surface area contributed by atoms with Crippen molar-refractivity contribution in [3.63, 3.8) is 0 Å². The van der Waals surface area contributed by atoms with Gasteiger partial charge in [0.05, 0.1) is 0 Å². The number of aliphatic hydroxyl groups excluding tert-OH is 1. The van der Waals surface area contributed by atoms with Crippen LogP contribution in [-0.2, 0) is 6.54 Å². The Hall–Kier alpha value is -2.08. The van der Waals surface area contributed by atoms with Crippen LogP contribution in [0.4, 0.5) is 5.69 Å². The summed E-state index contributed by atoms with van der Waals surface area (Å²) in [5.41, 5.74) is 7.53. The quantitative estimate of drug-likeness (QED) is 0.709. The number of nitrogens with zero attached hydrogens (tertiary/aromatic N) is 2. The molecule has 6 heteroatoms. The molecular formula is C19H24ClN3O2. The first-order valence-corrected chi connectivity index (χ1v) is 8.67. The number of anilines is 1. The molecular weight excluding hydrogens is 338 g/mol. The lowest BCUT2D eigenvalue weighted by atomic mass is 10.1. The molecule has 0 aromatic heterocycles. The fourth-order valence-electron chi connectivity index (χ4n) is 2.68. The van der Waals surface area contributed by atoms with Crippen LogP contribution in [0.15, 0.2) is 48.5 Å². The molecule has 5 nitrogen and oxygen atoms in total. The molecule has 0 radical (unpaired) electrons. The number of aliphatic hydroxyl groups is 1. The molecule has 1 unspecified atom stereocenters. The van der Waals surface area contributed by atoms with Gasteiger partial charge in [-0.25, -0.2) is 0 Å². The van der Waals surface area contributed by atoms with E-state index in [0.717, 1.165) is 24.3 Å². The van der Waals surface area contributed by atoms with Crippen molar-refractivity contribution >= 4 is 23.2 Å². The van der Waals surface area contributed by atoms with E-state index in [0.29, 0.717) is 17.1 Å². The molecule has 2 aromatic carbocycles. The zero-order valence-corrected chi connectivity index (χ0v) is 15.3. The number of hydrogen-bond donors (Lipinski definition) is 2. The predicted octanol–water partition coefficient (Wildman–Crippen LogP) is 3.06. The van der Waals surface area contributed by atoms with E-state index in [9.17, 15) is 9.90 Å². The fourth-order valence-corrected chi connectivity index (χ4v) is 2.86. The van der Waals surface area contributed by atoms with Crippen LogP contribution < -0.4 is 10.6 Å². The molecule has 1 amide bonds. The molecule has 0 bridgehead atoms. The molecule has 0 heterocycles. The summed E-state index contributed by atoms with van der Waals surface area (Å²) in [6.07, 6.45) is -0.788. The van der Waals surface area contributed by atoms with Gasteiger partial charge in [0.15, 0.2) is 6.35 Å². The molecule has 3 N–H and O–H groups in total. The van der Waals surface area contributed by atoms with Crippen molar-refractivity contribution < 1.29 is 9.90 Å². The van der Waals surface area contributed by atoms with Gasteiger partial charge in [0.25, 0.3) is 0 Å². The van der Waals surface area contributed by atoms with Crippen molar-refractivity contribution in [3.8, 4) is 0 Å². The molecule has 0 aliphatic rings. The van der Waals surface area contributed by atoms with E-state index in [4.69, 9.17) is 17.3 Å². The van der Waals surface area contributed by atoms with Gasteiger partial charge in [-0.3, -0.25) is 9.69 Å². The normalized spacial score (nSPS) is 12.2. The summed E-state index contributed by atoms with van der Waals surface area (Å²) in [5.74, 6) is -0.457. The third-order valence-electron chi connectivity index (χ3n) is 4.15. The smallest absolute Gasteiger partial charge is 0.248 e. The Balaban J connectivity index is 2.32. The van der Waals surface area contributed by atoms with Crippen molar-refractivity contribution in [2.45, 2.75) is 26.7 Å². The number of halogens is 1. The Kier molecular flexibility index (Phi) is 6.82. The first-order chi connectivity index (χ1) is 12.0. The number of carbonyl (C=O) groups excluding carboxylic acids is 1. The second kappa shape index (κ2) is 8.85. The summed E-state index contributed by atoms with van der Waals surface area (Å²) in [7, 11) is 0. The summed E-state index contributed by atoms with van der Waals surface area (Å²) in [6.45, 7) is 5.91. The molecule has 0 saturated heterocycles. The van der Waals surface area contributed by atoms with E-state index < -0.39 is 12.3 Å². The molecule has 0 fully saturated rings. The Bertz CT molecular complexity index is 702. The molecule has 2 aromatic rings. The van der Waals surface area contributed by atoms with Crippen molar-refractivity contribution in [2.24, 2.45) is 5.73 Å². The SMILES string of the molecule is CCN(CC)C(O)N(Cc1ccc(C(N)=O)cc1)c1cccc(Cl)c1. The second-order valence-corrected chi connectivity index (χ2v) is 6.17. The number of benzene rings is 2. The van der Waals surface area contributed by atoms with E-state index >= 15 is 0 Å². The number of amides is 1. The Morgan fingerprint density at radius 2 is 1.80 bits per heavy atom. The lowest BCUT2D eigenvalue weighted by Gasteiger charge is -2.36. The second-order valence-electron chi connectivity index (χ2n) is 5.74. The largest absolute Gasteiger partial charge is 0.366 e. The highest BCUT2D eigenvalue weighted by Gasteiger charge is 2.22. The van der Waals surface area contributed by atoms with E-state index in [1.165, 1.54) is 0 Å². The van der Waals surface area contributed by atoms with E-state index in [1.54, 1.807) is 18.2 Å². The van der Waals surface area contributed by atoms with Crippen LogP contribution in [0, 0.1) is 0 Å². The van der Waals surface area contributed by atoms with Gasteiger partial charge in [0.2, 0.25) is 5.91 Å². The maximum Gasteiger partial charge on any atom is 0.248 e. The highest BCUT2D eigenvalue weighted by molar-refractivity contribution is 6.30. The van der Waals surface area contributed by atoms with Crippen LogP contribution in [0.25, 0.3) is 0 Å². The highest BCUT2D eigenvalue weighted by Crippen LogP contribution is 2.24. The Morgan fingerprint density at radius 3 is 2.32 bits per heavy atom. The van der Waals surface area contributed by atoms with Gasteiger partial charge >= 0.3 is 0 Å². The molecule has 134 valence electrons. The molecule has 0 aliphatic heterocycles. The van der Waals surface area contributed by atoms with Crippen LogP contribution in [0.3, 0.4) is 0 Å². The van der Waals surface area contributed by atoms with Crippen molar-refractivity contribution in [3.05, 3.63) is 64.7 Å². The zero-order valence-electron chi connectivity index (χ0n) is 14.5. The Morgan fingerprint density at radius 1 is 1.16 bits per heavy atom. The zero-order chi connectivity index (χ0) is 18.4. The van der Waals surface area contributed by atoms with Crippen molar-refractivity contribution in [1.82, 2.24) is 4.90 Å². The van der Waals surface area contributed by atoms with Crippen molar-refractivity contribution in [2.75, 3.05) is 18.0 Å². The minimum atomic E-state index is -0.788. The number of primary amides is 1. The monoisotopic (exact) mass is 361 g/mol. The number of nitrogens with two attached hydrogens (primary N) is 1. The minimum Gasteiger partial charge on any atom is -0.366 e. The first kappa shape index (κ1) is 19.2. The van der Waals surface area contributed by atoms with Gasteiger partial charge in [-0.1, -0.05) is 43.6 Å². The summed E-state index contributed by atoms with van der Waals surface area (Å²) in [4.78, 5) is 15.0. The molecule has 2 rings (SSSR count). The lowest BCUT2D eigenvalue weighted by molar-refractivity contribution is 0.00714. The van der Waals surface area contributed by atoms with Gasteiger partial charge in [-0.05, 0) is 49.0 Å². The third-order valence-corrected chi connectivity index (χ3v) is 4.38. The van der Waals surface area contributed by atoms with Crippen molar-refractivity contribution in [1.29, 1.82) is 0 Å². The minimum absolute atomic E-state index is 0.457.